The van der Waals surface area contributed by atoms with Gasteiger partial charge in [0, 0.05) is 30.6 Å². The highest BCUT2D eigenvalue weighted by Crippen LogP contribution is 2.28. The molecule has 4 heteroatoms. The lowest BCUT2D eigenvalue weighted by Crippen LogP contribution is -2.28. The SMILES string of the molecule is CN1CCc2nc3c(F)cccc3c(CO)c2C1. The largest absolute Gasteiger partial charge is 0.392 e. The molecular formula is C14H15FN2O. The van der Waals surface area contributed by atoms with Crippen molar-refractivity contribution in [1.29, 1.82) is 0 Å². The molecule has 0 aliphatic carbocycles. The Labute approximate surface area is 105 Å². The molecule has 1 aliphatic rings. The summed E-state index contributed by atoms with van der Waals surface area (Å²) in [6.45, 7) is 1.62. The van der Waals surface area contributed by atoms with Crippen LogP contribution in [-0.2, 0) is 19.6 Å². The van der Waals surface area contributed by atoms with Crippen molar-refractivity contribution < 1.29 is 9.50 Å². The summed E-state index contributed by atoms with van der Waals surface area (Å²) in [7, 11) is 2.04. The Bertz CT molecular complexity index is 612. The summed E-state index contributed by atoms with van der Waals surface area (Å²) in [6.07, 6.45) is 0.809. The fourth-order valence-corrected chi connectivity index (χ4v) is 2.63. The van der Waals surface area contributed by atoms with E-state index in [2.05, 4.69) is 9.88 Å². The van der Waals surface area contributed by atoms with Gasteiger partial charge in [0.2, 0.25) is 0 Å². The van der Waals surface area contributed by atoms with Gasteiger partial charge >= 0.3 is 0 Å². The van der Waals surface area contributed by atoms with Crippen molar-refractivity contribution in [3.05, 3.63) is 40.8 Å². The van der Waals surface area contributed by atoms with E-state index in [1.807, 2.05) is 13.1 Å². The average Bonchev–Trinajstić information content (AvgIpc) is 2.37. The van der Waals surface area contributed by atoms with Crippen LogP contribution in [0.4, 0.5) is 4.39 Å². The van der Waals surface area contributed by atoms with Crippen LogP contribution < -0.4 is 0 Å². The minimum atomic E-state index is -0.316. The molecule has 0 saturated carbocycles. The van der Waals surface area contributed by atoms with Gasteiger partial charge in [0.15, 0.2) is 0 Å². The monoisotopic (exact) mass is 246 g/mol. The molecule has 2 heterocycles. The van der Waals surface area contributed by atoms with Crippen molar-refractivity contribution in [2.75, 3.05) is 13.6 Å². The summed E-state index contributed by atoms with van der Waals surface area (Å²) in [5.74, 6) is -0.316. The van der Waals surface area contributed by atoms with E-state index < -0.39 is 0 Å². The molecule has 0 saturated heterocycles. The summed E-state index contributed by atoms with van der Waals surface area (Å²) in [4.78, 5) is 6.63. The van der Waals surface area contributed by atoms with Crippen LogP contribution in [0.1, 0.15) is 16.8 Å². The van der Waals surface area contributed by atoms with Gasteiger partial charge in [-0.15, -0.1) is 0 Å². The molecule has 1 N–H and O–H groups in total. The first-order valence-corrected chi connectivity index (χ1v) is 6.09. The summed E-state index contributed by atoms with van der Waals surface area (Å²) in [5.41, 5.74) is 3.19. The summed E-state index contributed by atoms with van der Waals surface area (Å²) in [5, 5.41) is 10.3. The van der Waals surface area contributed by atoms with E-state index in [0.29, 0.717) is 5.52 Å². The molecule has 3 nitrogen and oxygen atoms in total. The molecule has 0 fully saturated rings. The number of aliphatic hydroxyl groups is 1. The lowest BCUT2D eigenvalue weighted by molar-refractivity contribution is 0.271. The normalized spacial score (nSPS) is 15.9. The first kappa shape index (κ1) is 11.6. The van der Waals surface area contributed by atoms with Gasteiger partial charge in [0.25, 0.3) is 0 Å². The van der Waals surface area contributed by atoms with Gasteiger partial charge in [0.05, 0.1) is 6.61 Å². The minimum absolute atomic E-state index is 0.0708. The number of benzene rings is 1. The van der Waals surface area contributed by atoms with E-state index in [1.165, 1.54) is 6.07 Å². The Hall–Kier alpha value is -1.52. The lowest BCUT2D eigenvalue weighted by Gasteiger charge is -2.26. The van der Waals surface area contributed by atoms with Crippen LogP contribution in [0, 0.1) is 5.82 Å². The maximum absolute atomic E-state index is 13.8. The Morgan fingerprint density at radius 2 is 2.28 bits per heavy atom. The molecule has 0 spiro atoms. The van der Waals surface area contributed by atoms with Crippen LogP contribution in [-0.4, -0.2) is 28.6 Å². The predicted octanol–water partition coefficient (Wildman–Crippen LogP) is 1.85. The Balaban J connectivity index is 2.34. The molecule has 3 rings (SSSR count). The molecule has 0 radical (unpaired) electrons. The number of rotatable bonds is 1. The van der Waals surface area contributed by atoms with Gasteiger partial charge in [-0.05, 0) is 24.2 Å². The maximum Gasteiger partial charge on any atom is 0.149 e. The molecule has 18 heavy (non-hydrogen) atoms. The van der Waals surface area contributed by atoms with Crippen molar-refractivity contribution in [1.82, 2.24) is 9.88 Å². The third kappa shape index (κ3) is 1.69. The summed E-state index contributed by atoms with van der Waals surface area (Å²) < 4.78 is 13.8. The Morgan fingerprint density at radius 1 is 1.44 bits per heavy atom. The van der Waals surface area contributed by atoms with E-state index >= 15 is 0 Å². The lowest BCUT2D eigenvalue weighted by atomic mass is 9.96. The molecule has 0 amide bonds. The van der Waals surface area contributed by atoms with Gasteiger partial charge in [-0.25, -0.2) is 9.37 Å². The molecule has 0 bridgehead atoms. The number of para-hydroxylation sites is 1. The number of halogens is 1. The second-order valence-corrected chi connectivity index (χ2v) is 4.80. The number of likely N-dealkylation sites (N-methyl/N-ethyl adjacent to an activating group) is 1. The number of nitrogens with zero attached hydrogens (tertiary/aromatic N) is 2. The quantitative estimate of drug-likeness (QED) is 0.834. The Kier molecular flexibility index (Phi) is 2.76. The second-order valence-electron chi connectivity index (χ2n) is 4.80. The fraction of sp³-hybridized carbons (Fsp3) is 0.357. The molecule has 0 unspecified atom stereocenters. The van der Waals surface area contributed by atoms with Crippen LogP contribution >= 0.6 is 0 Å². The van der Waals surface area contributed by atoms with E-state index in [-0.39, 0.29) is 12.4 Å². The summed E-state index contributed by atoms with van der Waals surface area (Å²) in [6, 6.07) is 4.90. The first-order valence-electron chi connectivity index (χ1n) is 6.09. The summed E-state index contributed by atoms with van der Waals surface area (Å²) >= 11 is 0. The molecular weight excluding hydrogens is 231 g/mol. The zero-order valence-electron chi connectivity index (χ0n) is 10.3. The molecule has 1 aromatic carbocycles. The van der Waals surface area contributed by atoms with Gasteiger partial charge in [0.1, 0.15) is 11.3 Å². The number of hydrogen-bond donors (Lipinski definition) is 1. The number of aromatic nitrogens is 1. The highest BCUT2D eigenvalue weighted by atomic mass is 19.1. The number of pyridine rings is 1. The van der Waals surface area contributed by atoms with E-state index in [4.69, 9.17) is 0 Å². The zero-order valence-corrected chi connectivity index (χ0v) is 10.3. The first-order chi connectivity index (χ1) is 8.70. The van der Waals surface area contributed by atoms with E-state index in [0.717, 1.165) is 41.7 Å². The maximum atomic E-state index is 13.8. The smallest absolute Gasteiger partial charge is 0.149 e. The van der Waals surface area contributed by atoms with Crippen molar-refractivity contribution in [3.8, 4) is 0 Å². The fourth-order valence-electron chi connectivity index (χ4n) is 2.63. The molecule has 2 aromatic rings. The van der Waals surface area contributed by atoms with E-state index in [9.17, 15) is 9.50 Å². The van der Waals surface area contributed by atoms with Crippen molar-refractivity contribution in [3.63, 3.8) is 0 Å². The number of aliphatic hydroxyl groups excluding tert-OH is 1. The van der Waals surface area contributed by atoms with Crippen LogP contribution in [0.5, 0.6) is 0 Å². The molecule has 0 atom stereocenters. The predicted molar refractivity (Wildman–Crippen MR) is 67.7 cm³/mol. The van der Waals surface area contributed by atoms with E-state index in [1.54, 1.807) is 6.07 Å². The van der Waals surface area contributed by atoms with Crippen LogP contribution in [0.3, 0.4) is 0 Å². The van der Waals surface area contributed by atoms with Gasteiger partial charge in [-0.1, -0.05) is 12.1 Å². The molecule has 1 aromatic heterocycles. The minimum Gasteiger partial charge on any atom is -0.392 e. The number of hydrogen-bond acceptors (Lipinski definition) is 3. The molecule has 94 valence electrons. The van der Waals surface area contributed by atoms with Gasteiger partial charge in [-0.3, -0.25) is 0 Å². The Morgan fingerprint density at radius 3 is 3.06 bits per heavy atom. The van der Waals surface area contributed by atoms with Gasteiger partial charge < -0.3 is 10.0 Å². The van der Waals surface area contributed by atoms with Gasteiger partial charge in [-0.2, -0.15) is 0 Å². The van der Waals surface area contributed by atoms with Crippen LogP contribution in [0.25, 0.3) is 10.9 Å². The average molecular weight is 246 g/mol. The second kappa shape index (κ2) is 4.30. The third-order valence-electron chi connectivity index (χ3n) is 3.59. The number of fused-ring (bicyclic) bond motifs is 2. The van der Waals surface area contributed by atoms with Crippen molar-refractivity contribution in [2.24, 2.45) is 0 Å². The van der Waals surface area contributed by atoms with Crippen molar-refractivity contribution in [2.45, 2.75) is 19.6 Å². The highest BCUT2D eigenvalue weighted by molar-refractivity contribution is 5.84. The topological polar surface area (TPSA) is 36.4 Å². The van der Waals surface area contributed by atoms with Crippen molar-refractivity contribution >= 4 is 10.9 Å². The highest BCUT2D eigenvalue weighted by Gasteiger charge is 2.21. The zero-order chi connectivity index (χ0) is 12.7. The van der Waals surface area contributed by atoms with Crippen LogP contribution in [0.2, 0.25) is 0 Å². The van der Waals surface area contributed by atoms with Crippen LogP contribution in [0.15, 0.2) is 18.2 Å². The standard InChI is InChI=1S/C14H15FN2O/c1-17-6-5-13-10(7-17)11(8-18)9-3-2-4-12(15)14(9)16-13/h2-4,18H,5-8H2,1H3. The molecule has 1 aliphatic heterocycles. The third-order valence-corrected chi connectivity index (χ3v) is 3.59.